The molecule has 0 aromatic carbocycles. The maximum Gasteiger partial charge on any atom is 0.211 e. The first-order chi connectivity index (χ1) is 8.70. The molecule has 1 aliphatic carbocycles. The molecule has 1 rings (SSSR count). The SMILES string of the molecule is CC(C)NCCCS(=O)(=O)NC1CCCC(C)(C)C1. The van der Waals surface area contributed by atoms with Gasteiger partial charge in [-0.1, -0.05) is 34.1 Å². The fraction of sp³-hybridized carbons (Fsp3) is 1.00. The van der Waals surface area contributed by atoms with Crippen LogP contribution >= 0.6 is 0 Å². The molecular weight excluding hydrogens is 260 g/mol. The zero-order valence-corrected chi connectivity index (χ0v) is 13.6. The lowest BCUT2D eigenvalue weighted by atomic mass is 9.75. The highest BCUT2D eigenvalue weighted by atomic mass is 32.2. The average Bonchev–Trinajstić information content (AvgIpc) is 2.22. The molecule has 0 aliphatic heterocycles. The van der Waals surface area contributed by atoms with Crippen LogP contribution in [0, 0.1) is 5.41 Å². The molecule has 1 atom stereocenters. The summed E-state index contributed by atoms with van der Waals surface area (Å²) in [6, 6.07) is 0.543. The third-order valence-corrected chi connectivity index (χ3v) is 5.21. The minimum atomic E-state index is -3.12. The van der Waals surface area contributed by atoms with Crippen LogP contribution in [0.5, 0.6) is 0 Å². The van der Waals surface area contributed by atoms with Crippen molar-refractivity contribution in [3.05, 3.63) is 0 Å². The van der Waals surface area contributed by atoms with E-state index in [0.29, 0.717) is 12.5 Å². The van der Waals surface area contributed by atoms with Crippen molar-refractivity contribution in [2.75, 3.05) is 12.3 Å². The topological polar surface area (TPSA) is 58.2 Å². The second-order valence-corrected chi connectivity index (χ2v) is 8.73. The molecule has 4 nitrogen and oxygen atoms in total. The van der Waals surface area contributed by atoms with Gasteiger partial charge in [-0.25, -0.2) is 13.1 Å². The summed E-state index contributed by atoms with van der Waals surface area (Å²) < 4.78 is 26.9. The van der Waals surface area contributed by atoms with Crippen molar-refractivity contribution < 1.29 is 8.42 Å². The second-order valence-electron chi connectivity index (χ2n) is 6.86. The molecule has 1 aliphatic rings. The molecule has 5 heteroatoms. The molecule has 0 radical (unpaired) electrons. The van der Waals surface area contributed by atoms with Crippen LogP contribution in [0.4, 0.5) is 0 Å². The molecule has 0 saturated heterocycles. The molecule has 0 heterocycles. The summed E-state index contributed by atoms with van der Waals surface area (Å²) in [5, 5.41) is 3.24. The highest BCUT2D eigenvalue weighted by Gasteiger charge is 2.30. The van der Waals surface area contributed by atoms with Gasteiger partial charge in [0.1, 0.15) is 0 Å². The van der Waals surface area contributed by atoms with Gasteiger partial charge in [-0.15, -0.1) is 0 Å². The Morgan fingerprint density at radius 1 is 1.32 bits per heavy atom. The third kappa shape index (κ3) is 7.28. The summed E-state index contributed by atoms with van der Waals surface area (Å²) >= 11 is 0. The van der Waals surface area contributed by atoms with Gasteiger partial charge < -0.3 is 5.32 Å². The van der Waals surface area contributed by atoms with Gasteiger partial charge in [0.2, 0.25) is 10.0 Å². The van der Waals surface area contributed by atoms with Crippen LogP contribution in [-0.2, 0) is 10.0 Å². The third-order valence-electron chi connectivity index (χ3n) is 3.69. The van der Waals surface area contributed by atoms with E-state index in [1.54, 1.807) is 0 Å². The van der Waals surface area contributed by atoms with Gasteiger partial charge in [-0.3, -0.25) is 0 Å². The summed E-state index contributed by atoms with van der Waals surface area (Å²) in [7, 11) is -3.12. The van der Waals surface area contributed by atoms with Crippen LogP contribution in [0.25, 0.3) is 0 Å². The Morgan fingerprint density at radius 2 is 2.00 bits per heavy atom. The molecule has 114 valence electrons. The van der Waals surface area contributed by atoms with Gasteiger partial charge in [-0.2, -0.15) is 0 Å². The molecular formula is C14H30N2O2S. The number of nitrogens with one attached hydrogen (secondary N) is 2. The van der Waals surface area contributed by atoms with Crippen LogP contribution < -0.4 is 10.0 Å². The lowest BCUT2D eigenvalue weighted by Gasteiger charge is -2.35. The molecule has 0 aromatic rings. The van der Waals surface area contributed by atoms with E-state index >= 15 is 0 Å². The van der Waals surface area contributed by atoms with Crippen LogP contribution in [-0.4, -0.2) is 32.8 Å². The van der Waals surface area contributed by atoms with Crippen LogP contribution in [0.2, 0.25) is 0 Å². The van der Waals surface area contributed by atoms with Crippen molar-refractivity contribution in [3.63, 3.8) is 0 Å². The first-order valence-electron chi connectivity index (χ1n) is 7.44. The summed E-state index contributed by atoms with van der Waals surface area (Å²) in [6.45, 7) is 9.34. The Balaban J connectivity index is 2.33. The largest absolute Gasteiger partial charge is 0.314 e. The monoisotopic (exact) mass is 290 g/mol. The molecule has 1 fully saturated rings. The fourth-order valence-electron chi connectivity index (χ4n) is 2.76. The minimum Gasteiger partial charge on any atom is -0.314 e. The number of sulfonamides is 1. The number of rotatable bonds is 7. The van der Waals surface area contributed by atoms with Gasteiger partial charge in [-0.05, 0) is 37.6 Å². The summed E-state index contributed by atoms with van der Waals surface area (Å²) in [5.41, 5.74) is 0.268. The highest BCUT2D eigenvalue weighted by molar-refractivity contribution is 7.89. The molecule has 0 bridgehead atoms. The van der Waals surface area contributed by atoms with E-state index in [0.717, 1.165) is 25.8 Å². The zero-order valence-electron chi connectivity index (χ0n) is 12.8. The maximum absolute atomic E-state index is 12.0. The zero-order chi connectivity index (χ0) is 14.5. The molecule has 0 amide bonds. The van der Waals surface area contributed by atoms with Crippen molar-refractivity contribution in [2.45, 2.75) is 71.9 Å². The fourth-order valence-corrected chi connectivity index (χ4v) is 4.12. The van der Waals surface area contributed by atoms with Crippen molar-refractivity contribution in [2.24, 2.45) is 5.41 Å². The predicted molar refractivity (Wildman–Crippen MR) is 80.7 cm³/mol. The van der Waals surface area contributed by atoms with Crippen LogP contribution in [0.15, 0.2) is 0 Å². The molecule has 0 spiro atoms. The van der Waals surface area contributed by atoms with Gasteiger partial charge in [0, 0.05) is 12.1 Å². The summed E-state index contributed by atoms with van der Waals surface area (Å²) in [6.07, 6.45) is 4.92. The summed E-state index contributed by atoms with van der Waals surface area (Å²) in [5.74, 6) is 0.226. The molecule has 0 aromatic heterocycles. The first kappa shape index (κ1) is 16.9. The van der Waals surface area contributed by atoms with Crippen molar-refractivity contribution in [3.8, 4) is 0 Å². The van der Waals surface area contributed by atoms with E-state index in [2.05, 4.69) is 37.7 Å². The second kappa shape index (κ2) is 7.04. The molecule has 2 N–H and O–H groups in total. The maximum atomic E-state index is 12.0. The minimum absolute atomic E-state index is 0.131. The van der Waals surface area contributed by atoms with E-state index in [1.165, 1.54) is 6.42 Å². The normalized spacial score (nSPS) is 23.7. The van der Waals surface area contributed by atoms with Crippen molar-refractivity contribution in [1.82, 2.24) is 10.0 Å². The van der Waals surface area contributed by atoms with E-state index in [1.807, 2.05) is 0 Å². The van der Waals surface area contributed by atoms with Crippen molar-refractivity contribution in [1.29, 1.82) is 0 Å². The van der Waals surface area contributed by atoms with Gasteiger partial charge >= 0.3 is 0 Å². The van der Waals surface area contributed by atoms with Crippen LogP contribution in [0.3, 0.4) is 0 Å². The summed E-state index contributed by atoms with van der Waals surface area (Å²) in [4.78, 5) is 0. The van der Waals surface area contributed by atoms with Gasteiger partial charge in [0.25, 0.3) is 0 Å². The predicted octanol–water partition coefficient (Wildman–Crippen LogP) is 2.26. The standard InChI is InChI=1S/C14H30N2O2S/c1-12(2)15-9-6-10-19(17,18)16-13-7-5-8-14(3,4)11-13/h12-13,15-16H,5-11H2,1-4H3. The highest BCUT2D eigenvalue weighted by Crippen LogP contribution is 2.35. The van der Waals surface area contributed by atoms with E-state index in [-0.39, 0.29) is 17.2 Å². The van der Waals surface area contributed by atoms with E-state index in [9.17, 15) is 8.42 Å². The molecule has 1 unspecified atom stereocenters. The Kier molecular flexibility index (Phi) is 6.27. The van der Waals surface area contributed by atoms with E-state index in [4.69, 9.17) is 0 Å². The van der Waals surface area contributed by atoms with E-state index < -0.39 is 10.0 Å². The lowest BCUT2D eigenvalue weighted by Crippen LogP contribution is -2.42. The quantitative estimate of drug-likeness (QED) is 0.707. The van der Waals surface area contributed by atoms with Crippen molar-refractivity contribution >= 4 is 10.0 Å². The molecule has 1 saturated carbocycles. The molecule has 19 heavy (non-hydrogen) atoms. The van der Waals surface area contributed by atoms with Gasteiger partial charge in [0.15, 0.2) is 0 Å². The Hall–Kier alpha value is -0.130. The smallest absolute Gasteiger partial charge is 0.211 e. The Morgan fingerprint density at radius 3 is 2.58 bits per heavy atom. The lowest BCUT2D eigenvalue weighted by molar-refractivity contribution is 0.212. The first-order valence-corrected chi connectivity index (χ1v) is 9.09. The average molecular weight is 290 g/mol. The Bertz CT molecular complexity index is 364. The number of hydrogen-bond acceptors (Lipinski definition) is 3. The Labute approximate surface area is 118 Å². The number of hydrogen-bond donors (Lipinski definition) is 2. The van der Waals surface area contributed by atoms with Gasteiger partial charge in [0.05, 0.1) is 5.75 Å². The van der Waals surface area contributed by atoms with Crippen LogP contribution in [0.1, 0.15) is 59.8 Å².